The highest BCUT2D eigenvalue weighted by Crippen LogP contribution is 2.34. The molecule has 2 heterocycles. The SMILES string of the molecule is NC(=O)c1ccc(-c2ccc(C3OCCO3)s2)cc1. The van der Waals surface area contributed by atoms with Gasteiger partial charge in [-0.25, -0.2) is 0 Å². The lowest BCUT2D eigenvalue weighted by molar-refractivity contribution is -0.0413. The number of carbonyl (C=O) groups is 1. The van der Waals surface area contributed by atoms with Crippen LogP contribution in [0.25, 0.3) is 10.4 Å². The van der Waals surface area contributed by atoms with Gasteiger partial charge in [-0.1, -0.05) is 12.1 Å². The molecule has 1 saturated heterocycles. The van der Waals surface area contributed by atoms with Crippen molar-refractivity contribution in [3.8, 4) is 10.4 Å². The van der Waals surface area contributed by atoms with Crippen molar-refractivity contribution in [1.82, 2.24) is 0 Å². The Bertz CT molecular complexity index is 585. The lowest BCUT2D eigenvalue weighted by Crippen LogP contribution is -2.10. The minimum Gasteiger partial charge on any atom is -0.366 e. The Balaban J connectivity index is 1.83. The summed E-state index contributed by atoms with van der Waals surface area (Å²) in [5.41, 5.74) is 6.79. The van der Waals surface area contributed by atoms with Crippen LogP contribution < -0.4 is 5.73 Å². The van der Waals surface area contributed by atoms with Gasteiger partial charge in [0.25, 0.3) is 0 Å². The first-order valence-electron chi connectivity index (χ1n) is 5.97. The molecule has 0 atom stereocenters. The number of ether oxygens (including phenoxy) is 2. The van der Waals surface area contributed by atoms with Crippen LogP contribution in [0.2, 0.25) is 0 Å². The molecule has 3 rings (SSSR count). The van der Waals surface area contributed by atoms with E-state index >= 15 is 0 Å². The van der Waals surface area contributed by atoms with Crippen molar-refractivity contribution in [1.29, 1.82) is 0 Å². The van der Waals surface area contributed by atoms with E-state index in [2.05, 4.69) is 0 Å². The van der Waals surface area contributed by atoms with Crippen molar-refractivity contribution in [2.75, 3.05) is 13.2 Å². The Kier molecular flexibility index (Phi) is 3.33. The highest BCUT2D eigenvalue weighted by molar-refractivity contribution is 7.15. The van der Waals surface area contributed by atoms with Crippen LogP contribution in [0.4, 0.5) is 0 Å². The molecule has 19 heavy (non-hydrogen) atoms. The molecule has 1 aliphatic rings. The number of hydrogen-bond acceptors (Lipinski definition) is 4. The van der Waals surface area contributed by atoms with Gasteiger partial charge in [0, 0.05) is 10.4 Å². The summed E-state index contributed by atoms with van der Waals surface area (Å²) < 4.78 is 10.9. The molecular weight excluding hydrogens is 262 g/mol. The van der Waals surface area contributed by atoms with E-state index in [-0.39, 0.29) is 6.29 Å². The smallest absolute Gasteiger partial charge is 0.248 e. The first kappa shape index (κ1) is 12.3. The van der Waals surface area contributed by atoms with E-state index in [1.165, 1.54) is 0 Å². The first-order valence-corrected chi connectivity index (χ1v) is 6.79. The molecule has 98 valence electrons. The number of nitrogens with two attached hydrogens (primary N) is 1. The summed E-state index contributed by atoms with van der Waals surface area (Å²) in [4.78, 5) is 13.2. The topological polar surface area (TPSA) is 61.6 Å². The minimum absolute atomic E-state index is 0.233. The van der Waals surface area contributed by atoms with Crippen molar-refractivity contribution in [3.63, 3.8) is 0 Å². The Morgan fingerprint density at radius 3 is 2.42 bits per heavy atom. The molecule has 0 radical (unpaired) electrons. The molecule has 1 aliphatic heterocycles. The molecule has 2 aromatic rings. The van der Waals surface area contributed by atoms with Crippen LogP contribution >= 0.6 is 11.3 Å². The average Bonchev–Trinajstić information content (AvgIpc) is 3.10. The average molecular weight is 275 g/mol. The third-order valence-corrected chi connectivity index (χ3v) is 4.09. The summed E-state index contributed by atoms with van der Waals surface area (Å²) in [5, 5.41) is 0. The highest BCUT2D eigenvalue weighted by Gasteiger charge is 2.20. The number of rotatable bonds is 3. The largest absolute Gasteiger partial charge is 0.366 e. The van der Waals surface area contributed by atoms with Crippen molar-refractivity contribution >= 4 is 17.2 Å². The van der Waals surface area contributed by atoms with E-state index in [4.69, 9.17) is 15.2 Å². The molecule has 4 nitrogen and oxygen atoms in total. The van der Waals surface area contributed by atoms with Crippen LogP contribution in [0.15, 0.2) is 36.4 Å². The summed E-state index contributed by atoms with van der Waals surface area (Å²) in [6, 6.07) is 11.3. The lowest BCUT2D eigenvalue weighted by atomic mass is 10.1. The Hall–Kier alpha value is -1.69. The molecule has 1 aromatic carbocycles. The Labute approximate surface area is 114 Å². The van der Waals surface area contributed by atoms with E-state index in [0.717, 1.165) is 15.3 Å². The van der Waals surface area contributed by atoms with E-state index in [1.807, 2.05) is 24.3 Å². The predicted octanol–water partition coefficient (Wildman–Crippen LogP) is 2.56. The highest BCUT2D eigenvalue weighted by atomic mass is 32.1. The molecule has 0 unspecified atom stereocenters. The fourth-order valence-electron chi connectivity index (χ4n) is 1.96. The molecule has 0 saturated carbocycles. The second-order valence-corrected chi connectivity index (χ2v) is 5.33. The van der Waals surface area contributed by atoms with Gasteiger partial charge in [0.1, 0.15) is 0 Å². The van der Waals surface area contributed by atoms with Crippen molar-refractivity contribution in [2.45, 2.75) is 6.29 Å². The molecule has 1 aromatic heterocycles. The van der Waals surface area contributed by atoms with E-state index < -0.39 is 5.91 Å². The van der Waals surface area contributed by atoms with Gasteiger partial charge in [0.05, 0.1) is 18.1 Å². The summed E-state index contributed by atoms with van der Waals surface area (Å²) in [5.74, 6) is -0.411. The second-order valence-electron chi connectivity index (χ2n) is 4.22. The third kappa shape index (κ3) is 2.53. The zero-order valence-corrected chi connectivity index (χ0v) is 11.0. The van der Waals surface area contributed by atoms with Crippen molar-refractivity contribution < 1.29 is 14.3 Å². The van der Waals surface area contributed by atoms with Gasteiger partial charge in [-0.2, -0.15) is 0 Å². The van der Waals surface area contributed by atoms with Gasteiger partial charge in [-0.15, -0.1) is 11.3 Å². The van der Waals surface area contributed by atoms with Crippen LogP contribution in [0, 0.1) is 0 Å². The summed E-state index contributed by atoms with van der Waals surface area (Å²) in [6.07, 6.45) is -0.233. The monoisotopic (exact) mass is 275 g/mol. The zero-order valence-electron chi connectivity index (χ0n) is 10.2. The van der Waals surface area contributed by atoms with Gasteiger partial charge < -0.3 is 15.2 Å². The quantitative estimate of drug-likeness (QED) is 0.936. The van der Waals surface area contributed by atoms with E-state index in [1.54, 1.807) is 23.5 Å². The minimum atomic E-state index is -0.411. The maximum Gasteiger partial charge on any atom is 0.248 e. The third-order valence-electron chi connectivity index (χ3n) is 2.93. The molecule has 0 aliphatic carbocycles. The summed E-state index contributed by atoms with van der Waals surface area (Å²) in [7, 11) is 0. The van der Waals surface area contributed by atoms with Crippen LogP contribution in [-0.2, 0) is 9.47 Å². The van der Waals surface area contributed by atoms with Crippen molar-refractivity contribution in [2.24, 2.45) is 5.73 Å². The lowest BCUT2D eigenvalue weighted by Gasteiger charge is -2.04. The number of thiophene rings is 1. The van der Waals surface area contributed by atoms with Gasteiger partial charge in [-0.05, 0) is 29.8 Å². The fraction of sp³-hybridized carbons (Fsp3) is 0.214. The number of amides is 1. The van der Waals surface area contributed by atoms with Gasteiger partial charge >= 0.3 is 0 Å². The number of benzene rings is 1. The molecule has 1 fully saturated rings. The molecule has 1 amide bonds. The van der Waals surface area contributed by atoms with Crippen LogP contribution in [0.5, 0.6) is 0 Å². The maximum absolute atomic E-state index is 11.0. The van der Waals surface area contributed by atoms with Crippen LogP contribution in [0.1, 0.15) is 21.5 Å². The summed E-state index contributed by atoms with van der Waals surface area (Å²) >= 11 is 1.63. The van der Waals surface area contributed by atoms with Gasteiger partial charge in [0.15, 0.2) is 6.29 Å². The Morgan fingerprint density at radius 1 is 1.11 bits per heavy atom. The Morgan fingerprint density at radius 2 is 1.79 bits per heavy atom. The zero-order chi connectivity index (χ0) is 13.2. The van der Waals surface area contributed by atoms with Crippen LogP contribution in [-0.4, -0.2) is 19.1 Å². The predicted molar refractivity (Wildman–Crippen MR) is 72.9 cm³/mol. The molecule has 2 N–H and O–H groups in total. The summed E-state index contributed by atoms with van der Waals surface area (Å²) in [6.45, 7) is 1.29. The van der Waals surface area contributed by atoms with Crippen LogP contribution in [0.3, 0.4) is 0 Å². The van der Waals surface area contributed by atoms with E-state index in [9.17, 15) is 4.79 Å². The molecule has 5 heteroatoms. The molecular formula is C14H13NO3S. The normalized spacial score (nSPS) is 15.8. The second kappa shape index (κ2) is 5.13. The van der Waals surface area contributed by atoms with Crippen molar-refractivity contribution in [3.05, 3.63) is 46.8 Å². The molecule has 0 spiro atoms. The fourth-order valence-corrected chi connectivity index (χ4v) is 2.97. The maximum atomic E-state index is 11.0. The van der Waals surface area contributed by atoms with Gasteiger partial charge in [-0.3, -0.25) is 4.79 Å². The first-order chi connectivity index (χ1) is 9.24. The standard InChI is InChI=1S/C14H13NO3S/c15-13(16)10-3-1-9(2-4-10)11-5-6-12(19-11)14-17-7-8-18-14/h1-6,14H,7-8H2,(H2,15,16). The van der Waals surface area contributed by atoms with Gasteiger partial charge in [0.2, 0.25) is 5.91 Å². The molecule has 0 bridgehead atoms. The number of carbonyl (C=O) groups excluding carboxylic acids is 1. The number of hydrogen-bond donors (Lipinski definition) is 1. The number of primary amides is 1. The van der Waals surface area contributed by atoms with E-state index in [0.29, 0.717) is 18.8 Å².